The topological polar surface area (TPSA) is 35.4 Å². The maximum Gasteiger partial charge on any atom is 0.260 e. The molecule has 5 aliphatic heterocycles. The molecule has 0 radical (unpaired) electrons. The average Bonchev–Trinajstić information content (AvgIpc) is 2.76. The third kappa shape index (κ3) is 2.11. The maximum atomic E-state index is 13.1. The van der Waals surface area contributed by atoms with Gasteiger partial charge >= 0.3 is 0 Å². The van der Waals surface area contributed by atoms with Crippen molar-refractivity contribution in [3.63, 3.8) is 0 Å². The number of rotatable bonds is 2. The zero-order chi connectivity index (χ0) is 15.4. The van der Waals surface area contributed by atoms with E-state index >= 15 is 0 Å². The summed E-state index contributed by atoms with van der Waals surface area (Å²) < 4.78 is 1.39. The van der Waals surface area contributed by atoms with E-state index in [-0.39, 0.29) is 6.04 Å². The van der Waals surface area contributed by atoms with E-state index in [1.165, 1.54) is 54.8 Å². The maximum absolute atomic E-state index is 13.1. The molecule has 122 valence electrons. The molecule has 3 fully saturated rings. The third-order valence-corrected chi connectivity index (χ3v) is 7.01. The zero-order valence-corrected chi connectivity index (χ0v) is 13.8. The normalized spacial score (nSPS) is 38.4. The van der Waals surface area contributed by atoms with Crippen molar-refractivity contribution < 1.29 is 4.76 Å². The van der Waals surface area contributed by atoms with Crippen LogP contribution in [0, 0.1) is 10.3 Å². The first-order valence-corrected chi connectivity index (χ1v) is 9.27. The summed E-state index contributed by atoms with van der Waals surface area (Å²) in [6.07, 6.45) is 6.10. The highest BCUT2D eigenvalue weighted by Crippen LogP contribution is 2.51. The molecule has 0 amide bonds. The smallest absolute Gasteiger partial charge is 0.260 e. The molecule has 23 heavy (non-hydrogen) atoms. The first-order valence-electron chi connectivity index (χ1n) is 9.27. The van der Waals surface area contributed by atoms with Gasteiger partial charge in [0, 0.05) is 34.3 Å². The Bertz CT molecular complexity index is 634. The van der Waals surface area contributed by atoms with Gasteiger partial charge in [-0.2, -0.15) is 0 Å². The summed E-state index contributed by atoms with van der Waals surface area (Å²) in [5.74, 6) is 0.433. The van der Waals surface area contributed by atoms with Crippen LogP contribution in [0.25, 0.3) is 0 Å². The summed E-state index contributed by atoms with van der Waals surface area (Å²) in [5, 5.41) is 3.54. The molecule has 2 atom stereocenters. The summed E-state index contributed by atoms with van der Waals surface area (Å²) in [6.45, 7) is 5.69. The summed E-state index contributed by atoms with van der Waals surface area (Å²) in [5.41, 5.74) is 4.11. The molecule has 0 saturated carbocycles. The minimum atomic E-state index is 0.163. The van der Waals surface area contributed by atoms with Crippen molar-refractivity contribution >= 4 is 5.69 Å². The van der Waals surface area contributed by atoms with E-state index in [1.807, 2.05) is 6.07 Å². The van der Waals surface area contributed by atoms with Gasteiger partial charge in [-0.1, -0.05) is 12.1 Å². The van der Waals surface area contributed by atoms with Gasteiger partial charge in [-0.25, -0.2) is 0 Å². The van der Waals surface area contributed by atoms with Gasteiger partial charge in [0.2, 0.25) is 6.04 Å². The molecule has 1 aromatic carbocycles. The lowest BCUT2D eigenvalue weighted by Crippen LogP contribution is -2.50. The molecule has 5 aliphatic rings. The Kier molecular flexibility index (Phi) is 3.14. The van der Waals surface area contributed by atoms with Gasteiger partial charge < -0.3 is 10.2 Å². The molecule has 1 aromatic rings. The van der Waals surface area contributed by atoms with Crippen LogP contribution in [0.5, 0.6) is 0 Å². The van der Waals surface area contributed by atoms with E-state index in [0.29, 0.717) is 11.3 Å². The zero-order valence-electron chi connectivity index (χ0n) is 13.8. The van der Waals surface area contributed by atoms with Crippen LogP contribution < -0.4 is 5.32 Å². The quantitative estimate of drug-likeness (QED) is 0.853. The lowest BCUT2D eigenvalue weighted by molar-refractivity contribution is -0.504. The molecular weight excluding hydrogens is 286 g/mol. The van der Waals surface area contributed by atoms with Gasteiger partial charge in [0.1, 0.15) is 0 Å². The van der Waals surface area contributed by atoms with Crippen LogP contribution in [-0.4, -0.2) is 41.9 Å². The largest absolute Gasteiger partial charge is 0.313 e. The van der Waals surface area contributed by atoms with Crippen molar-refractivity contribution in [3.8, 4) is 0 Å². The Balaban J connectivity index is 1.50. The number of nitrogens with zero attached hydrogens (tertiary/aromatic N) is 2. The molecule has 0 aromatic heterocycles. The molecule has 0 spiro atoms. The van der Waals surface area contributed by atoms with Crippen LogP contribution in [0.3, 0.4) is 0 Å². The molecule has 2 bridgehead atoms. The molecule has 3 saturated heterocycles. The predicted octanol–water partition coefficient (Wildman–Crippen LogP) is 2.93. The van der Waals surface area contributed by atoms with E-state index in [9.17, 15) is 4.91 Å². The first-order chi connectivity index (χ1) is 11.3. The molecule has 6 rings (SSSR count). The lowest BCUT2D eigenvalue weighted by Gasteiger charge is -2.48. The van der Waals surface area contributed by atoms with Gasteiger partial charge in [0.05, 0.1) is 5.92 Å². The Morgan fingerprint density at radius 3 is 2.78 bits per heavy atom. The molecule has 1 N–H and O–H groups in total. The Hall–Kier alpha value is -1.26. The number of nitroso groups, excluding NO2 is 1. The number of fused-ring (bicyclic) bond motifs is 3. The van der Waals surface area contributed by atoms with Crippen LogP contribution in [0.4, 0.5) is 5.69 Å². The van der Waals surface area contributed by atoms with Crippen LogP contribution in [-0.2, 0) is 6.54 Å². The number of hydrogen-bond donors (Lipinski definition) is 1. The molecule has 0 aliphatic carbocycles. The highest BCUT2D eigenvalue weighted by molar-refractivity contribution is 5.51. The Morgan fingerprint density at radius 2 is 2.00 bits per heavy atom. The minimum Gasteiger partial charge on any atom is -0.313 e. The van der Waals surface area contributed by atoms with Crippen molar-refractivity contribution in [2.24, 2.45) is 5.41 Å². The monoisotopic (exact) mass is 312 g/mol. The second-order valence-corrected chi connectivity index (χ2v) is 8.11. The summed E-state index contributed by atoms with van der Waals surface area (Å²) in [4.78, 5) is 15.7. The standard InChI is InChI=1S/C19H26N3O/c23-22-16-3-1-2-14-13-20-8-4-15(18(14)16)17(22)12-19-5-9-21(10-6-19)11-7-19/h1-3,15,17,20H,4-13H2/q+1. The van der Waals surface area contributed by atoms with Gasteiger partial charge in [-0.15, -0.1) is 0 Å². The molecule has 4 nitrogen and oxygen atoms in total. The van der Waals surface area contributed by atoms with Crippen molar-refractivity contribution in [3.05, 3.63) is 34.2 Å². The molecule has 5 heterocycles. The molecule has 2 unspecified atom stereocenters. The highest BCUT2D eigenvalue weighted by atomic mass is 16.3. The lowest BCUT2D eigenvalue weighted by atomic mass is 9.67. The van der Waals surface area contributed by atoms with Gasteiger partial charge in [-0.05, 0) is 62.8 Å². The van der Waals surface area contributed by atoms with Crippen molar-refractivity contribution in [1.29, 1.82) is 0 Å². The second-order valence-electron chi connectivity index (χ2n) is 8.11. The SMILES string of the molecule is O=[N+]1c2cccc3c2C(CCNC3)C1CC12CCN(CC1)CC2. The Labute approximate surface area is 137 Å². The Morgan fingerprint density at radius 1 is 1.22 bits per heavy atom. The van der Waals surface area contributed by atoms with Crippen LogP contribution in [0.2, 0.25) is 0 Å². The number of hydrogen-bond acceptors (Lipinski definition) is 3. The van der Waals surface area contributed by atoms with Crippen LogP contribution >= 0.6 is 0 Å². The molecular formula is C19H26N3O+. The van der Waals surface area contributed by atoms with Crippen molar-refractivity contribution in [2.45, 2.75) is 50.6 Å². The van der Waals surface area contributed by atoms with E-state index in [4.69, 9.17) is 0 Å². The number of benzene rings is 1. The fraction of sp³-hybridized carbons (Fsp3) is 0.684. The molecule has 4 heteroatoms. The van der Waals surface area contributed by atoms with Crippen molar-refractivity contribution in [1.82, 2.24) is 10.2 Å². The van der Waals surface area contributed by atoms with Gasteiger partial charge in [0.25, 0.3) is 5.69 Å². The number of piperidine rings is 3. The third-order valence-electron chi connectivity index (χ3n) is 7.01. The predicted molar refractivity (Wildman–Crippen MR) is 89.9 cm³/mol. The fourth-order valence-electron chi connectivity index (χ4n) is 5.60. The van der Waals surface area contributed by atoms with E-state index in [1.54, 1.807) is 0 Å². The van der Waals surface area contributed by atoms with E-state index in [0.717, 1.165) is 31.6 Å². The van der Waals surface area contributed by atoms with E-state index < -0.39 is 0 Å². The summed E-state index contributed by atoms with van der Waals surface area (Å²) >= 11 is 0. The first kappa shape index (κ1) is 14.1. The second kappa shape index (κ2) is 5.12. The highest BCUT2D eigenvalue weighted by Gasteiger charge is 2.53. The van der Waals surface area contributed by atoms with Gasteiger partial charge in [0.15, 0.2) is 0 Å². The summed E-state index contributed by atoms with van der Waals surface area (Å²) in [6, 6.07) is 6.47. The van der Waals surface area contributed by atoms with Crippen molar-refractivity contribution in [2.75, 3.05) is 26.2 Å². The summed E-state index contributed by atoms with van der Waals surface area (Å²) in [7, 11) is 0. The van der Waals surface area contributed by atoms with Gasteiger partial charge in [-0.3, -0.25) is 0 Å². The number of nitrogens with one attached hydrogen (secondary N) is 1. The van der Waals surface area contributed by atoms with E-state index in [2.05, 4.69) is 22.3 Å². The minimum absolute atomic E-state index is 0.163. The van der Waals surface area contributed by atoms with Crippen LogP contribution in [0.1, 0.15) is 49.1 Å². The van der Waals surface area contributed by atoms with Crippen LogP contribution in [0.15, 0.2) is 18.2 Å². The average molecular weight is 312 g/mol. The fourth-order valence-corrected chi connectivity index (χ4v) is 5.60.